The van der Waals surface area contributed by atoms with E-state index in [9.17, 15) is 14.4 Å². The number of urea groups is 1. The zero-order chi connectivity index (χ0) is 22.8. The van der Waals surface area contributed by atoms with E-state index < -0.39 is 6.04 Å². The van der Waals surface area contributed by atoms with Crippen molar-refractivity contribution in [3.05, 3.63) is 23.8 Å². The number of carbonyl (C=O) groups is 3. The summed E-state index contributed by atoms with van der Waals surface area (Å²) >= 11 is 0. The van der Waals surface area contributed by atoms with Gasteiger partial charge in [0.2, 0.25) is 11.8 Å². The number of hydrogen-bond donors (Lipinski definition) is 3. The van der Waals surface area contributed by atoms with E-state index in [1.165, 1.54) is 0 Å². The number of hydrogen-bond acceptors (Lipinski definition) is 6. The monoisotopic (exact) mass is 443 g/mol. The summed E-state index contributed by atoms with van der Waals surface area (Å²) in [7, 11) is 0. The molecule has 1 aromatic heterocycles. The van der Waals surface area contributed by atoms with Crippen LogP contribution in [0.3, 0.4) is 0 Å². The Balaban J connectivity index is 1.48. The van der Waals surface area contributed by atoms with Crippen molar-refractivity contribution in [2.75, 3.05) is 19.6 Å². The quantitative estimate of drug-likeness (QED) is 0.577. The average Bonchev–Trinajstić information content (AvgIpc) is 3.51. The smallest absolute Gasteiger partial charge is 0.315 e. The Morgan fingerprint density at radius 3 is 2.50 bits per heavy atom. The van der Waals surface area contributed by atoms with Crippen molar-refractivity contribution in [1.82, 2.24) is 35.7 Å². The Morgan fingerprint density at radius 2 is 1.84 bits per heavy atom. The molecule has 1 saturated carbocycles. The van der Waals surface area contributed by atoms with E-state index in [0.29, 0.717) is 38.4 Å². The average molecular weight is 444 g/mol. The third-order valence-corrected chi connectivity index (χ3v) is 6.17. The molecule has 2 saturated heterocycles. The van der Waals surface area contributed by atoms with E-state index in [2.05, 4.69) is 30.8 Å². The lowest BCUT2D eigenvalue weighted by Crippen LogP contribution is -2.52. The molecule has 10 heteroatoms. The van der Waals surface area contributed by atoms with Gasteiger partial charge in [-0.1, -0.05) is 0 Å². The summed E-state index contributed by atoms with van der Waals surface area (Å²) in [5.41, 5.74) is 0.966. The number of fused-ring (bicyclic) bond motifs is 1. The van der Waals surface area contributed by atoms with Gasteiger partial charge in [0, 0.05) is 62.1 Å². The SMILES string of the molecule is Cc1ncc(CN2C[C@@H]3C[C@H](NC(=O)NC(C)C)CN3C(=O)[C@@H](NC(=O)C3CC3)C2)cn1. The lowest BCUT2D eigenvalue weighted by molar-refractivity contribution is -0.136. The number of nitrogens with zero attached hydrogens (tertiary/aromatic N) is 4. The lowest BCUT2D eigenvalue weighted by atomic mass is 10.1. The van der Waals surface area contributed by atoms with Crippen LogP contribution in [0.4, 0.5) is 4.79 Å². The summed E-state index contributed by atoms with van der Waals surface area (Å²) in [6.07, 6.45) is 6.07. The molecule has 0 aromatic carbocycles. The molecule has 0 unspecified atom stereocenters. The summed E-state index contributed by atoms with van der Waals surface area (Å²) in [6.45, 7) is 7.82. The lowest BCUT2D eigenvalue weighted by Gasteiger charge is -2.25. The molecule has 1 aliphatic carbocycles. The van der Waals surface area contributed by atoms with E-state index >= 15 is 0 Å². The van der Waals surface area contributed by atoms with Crippen LogP contribution in [0.2, 0.25) is 0 Å². The number of nitrogens with one attached hydrogen (secondary N) is 3. The maximum Gasteiger partial charge on any atom is 0.315 e. The van der Waals surface area contributed by atoms with Crippen molar-refractivity contribution in [1.29, 1.82) is 0 Å². The van der Waals surface area contributed by atoms with Crippen molar-refractivity contribution in [3.63, 3.8) is 0 Å². The van der Waals surface area contributed by atoms with Gasteiger partial charge in [0.15, 0.2) is 0 Å². The van der Waals surface area contributed by atoms with Gasteiger partial charge in [-0.3, -0.25) is 14.5 Å². The van der Waals surface area contributed by atoms with E-state index in [0.717, 1.165) is 18.4 Å². The van der Waals surface area contributed by atoms with Crippen LogP contribution < -0.4 is 16.0 Å². The van der Waals surface area contributed by atoms with Gasteiger partial charge in [-0.05, 0) is 40.0 Å². The van der Waals surface area contributed by atoms with Crippen molar-refractivity contribution >= 4 is 17.8 Å². The zero-order valence-electron chi connectivity index (χ0n) is 19.0. The summed E-state index contributed by atoms with van der Waals surface area (Å²) < 4.78 is 0. The Morgan fingerprint density at radius 1 is 1.12 bits per heavy atom. The van der Waals surface area contributed by atoms with Crippen molar-refractivity contribution in [2.24, 2.45) is 5.92 Å². The standard InChI is InChI=1S/C22H33N7O3/c1-13(2)25-22(32)26-17-6-18-11-28(9-15-7-23-14(3)24-8-15)12-19(21(31)29(18)10-17)27-20(30)16-4-5-16/h7-8,13,16-19H,4-6,9-12H2,1-3H3,(H,27,30)(H2,25,26,32)/t17-,18-,19-/m0/s1. The van der Waals surface area contributed by atoms with Gasteiger partial charge in [-0.2, -0.15) is 0 Å². The Kier molecular flexibility index (Phi) is 6.59. The van der Waals surface area contributed by atoms with Crippen molar-refractivity contribution < 1.29 is 14.4 Å². The molecule has 32 heavy (non-hydrogen) atoms. The molecule has 0 bridgehead atoms. The van der Waals surface area contributed by atoms with Crippen LogP contribution in [0.25, 0.3) is 0 Å². The van der Waals surface area contributed by atoms with Gasteiger partial charge >= 0.3 is 6.03 Å². The van der Waals surface area contributed by atoms with Crippen LogP contribution in [0.15, 0.2) is 12.4 Å². The fraction of sp³-hybridized carbons (Fsp3) is 0.682. The molecule has 4 amide bonds. The highest BCUT2D eigenvalue weighted by Crippen LogP contribution is 2.30. The molecular weight excluding hydrogens is 410 g/mol. The molecule has 3 N–H and O–H groups in total. The predicted octanol–water partition coefficient (Wildman–Crippen LogP) is 0.173. The van der Waals surface area contributed by atoms with Crippen LogP contribution in [0, 0.1) is 12.8 Å². The first-order valence-corrected chi connectivity index (χ1v) is 11.5. The fourth-order valence-electron chi connectivity index (χ4n) is 4.49. The molecule has 174 valence electrons. The maximum absolute atomic E-state index is 13.4. The highest BCUT2D eigenvalue weighted by molar-refractivity contribution is 5.90. The molecule has 1 aromatic rings. The second-order valence-electron chi connectivity index (χ2n) is 9.52. The van der Waals surface area contributed by atoms with E-state index in [-0.39, 0.29) is 41.9 Å². The summed E-state index contributed by atoms with van der Waals surface area (Å²) in [6, 6.07) is -0.922. The number of rotatable bonds is 6. The predicted molar refractivity (Wildman–Crippen MR) is 117 cm³/mol. The zero-order valence-corrected chi connectivity index (χ0v) is 19.0. The summed E-state index contributed by atoms with van der Waals surface area (Å²) in [4.78, 5) is 50.6. The van der Waals surface area contributed by atoms with Crippen LogP contribution in [-0.2, 0) is 16.1 Å². The fourth-order valence-corrected chi connectivity index (χ4v) is 4.49. The minimum Gasteiger partial charge on any atom is -0.343 e. The van der Waals surface area contributed by atoms with E-state index in [1.54, 1.807) is 12.4 Å². The molecule has 0 spiro atoms. The van der Waals surface area contributed by atoms with Gasteiger partial charge in [0.05, 0.1) is 6.04 Å². The largest absolute Gasteiger partial charge is 0.343 e. The number of amides is 4. The molecule has 3 atom stereocenters. The van der Waals surface area contributed by atoms with Crippen molar-refractivity contribution in [3.8, 4) is 0 Å². The Bertz CT molecular complexity index is 856. The van der Waals surface area contributed by atoms with Crippen LogP contribution in [0.1, 0.15) is 44.5 Å². The topological polar surface area (TPSA) is 120 Å². The molecule has 3 fully saturated rings. The van der Waals surface area contributed by atoms with Crippen LogP contribution in [-0.4, -0.2) is 81.4 Å². The second kappa shape index (κ2) is 9.40. The number of aryl methyl sites for hydroxylation is 1. The number of aromatic nitrogens is 2. The maximum atomic E-state index is 13.4. The molecule has 10 nitrogen and oxygen atoms in total. The molecule has 4 rings (SSSR count). The van der Waals surface area contributed by atoms with Gasteiger partial charge < -0.3 is 20.9 Å². The number of carbonyl (C=O) groups excluding carboxylic acids is 3. The Hall–Kier alpha value is -2.75. The third kappa shape index (κ3) is 5.53. The van der Waals surface area contributed by atoms with Crippen molar-refractivity contribution in [2.45, 2.75) is 70.7 Å². The first-order chi connectivity index (χ1) is 15.3. The first-order valence-electron chi connectivity index (χ1n) is 11.5. The van der Waals surface area contributed by atoms with Crippen LogP contribution in [0.5, 0.6) is 0 Å². The van der Waals surface area contributed by atoms with Gasteiger partial charge in [0.25, 0.3) is 0 Å². The highest BCUT2D eigenvalue weighted by atomic mass is 16.2. The highest BCUT2D eigenvalue weighted by Gasteiger charge is 2.44. The first kappa shape index (κ1) is 22.4. The molecule has 3 heterocycles. The minimum absolute atomic E-state index is 0.0268. The van der Waals surface area contributed by atoms with Gasteiger partial charge in [-0.25, -0.2) is 14.8 Å². The van der Waals surface area contributed by atoms with Gasteiger partial charge in [0.1, 0.15) is 11.9 Å². The van der Waals surface area contributed by atoms with Crippen LogP contribution >= 0.6 is 0 Å². The van der Waals surface area contributed by atoms with Gasteiger partial charge in [-0.15, -0.1) is 0 Å². The summed E-state index contributed by atoms with van der Waals surface area (Å²) in [5.74, 6) is 0.643. The van der Waals surface area contributed by atoms with E-state index in [1.807, 2.05) is 25.7 Å². The normalized spacial score (nSPS) is 25.9. The summed E-state index contributed by atoms with van der Waals surface area (Å²) in [5, 5.41) is 8.82. The molecule has 3 aliphatic rings. The molecule has 2 aliphatic heterocycles. The third-order valence-electron chi connectivity index (χ3n) is 6.17. The van der Waals surface area contributed by atoms with E-state index in [4.69, 9.17) is 0 Å². The molecule has 0 radical (unpaired) electrons. The Labute approximate surface area is 188 Å². The molecular formula is C22H33N7O3. The minimum atomic E-state index is -0.595. The second-order valence-corrected chi connectivity index (χ2v) is 9.52.